The number of halogens is 3. The smallest absolute Gasteiger partial charge is 0.423 e. The van der Waals surface area contributed by atoms with Crippen LogP contribution in [0.25, 0.3) is 0 Å². The lowest BCUT2D eigenvalue weighted by molar-refractivity contribution is -0.263. The molecule has 3 N–H and O–H groups in total. The Morgan fingerprint density at radius 1 is 1.08 bits per heavy atom. The molecule has 1 unspecified atom stereocenters. The molecule has 0 heterocycles. The van der Waals surface area contributed by atoms with Crippen LogP contribution in [0, 0.1) is 0 Å². The van der Waals surface area contributed by atoms with Gasteiger partial charge < -0.3 is 20.5 Å². The van der Waals surface area contributed by atoms with Gasteiger partial charge in [0.05, 0.1) is 13.7 Å². The second kappa shape index (κ2) is 7.43. The number of rotatable bonds is 5. The largest absolute Gasteiger partial charge is 0.497 e. The van der Waals surface area contributed by atoms with E-state index in [1.807, 2.05) is 0 Å². The highest BCUT2D eigenvalue weighted by molar-refractivity contribution is 5.89. The molecular formula is C17H17F3N2O3. The molecule has 8 heteroatoms. The molecule has 1 atom stereocenters. The molecule has 2 rings (SSSR count). The van der Waals surface area contributed by atoms with E-state index < -0.39 is 24.4 Å². The molecule has 134 valence electrons. The number of anilines is 1. The summed E-state index contributed by atoms with van der Waals surface area (Å²) in [5.41, 5.74) is -3.17. The number of benzene rings is 2. The highest BCUT2D eigenvalue weighted by Gasteiger charge is 2.55. The number of carbonyl (C=O) groups excluding carboxylic acids is 1. The normalized spacial score (nSPS) is 13.6. The van der Waals surface area contributed by atoms with Crippen molar-refractivity contribution < 1.29 is 27.8 Å². The molecule has 5 nitrogen and oxygen atoms in total. The van der Waals surface area contributed by atoms with Gasteiger partial charge in [-0.15, -0.1) is 0 Å². The van der Waals surface area contributed by atoms with Crippen molar-refractivity contribution in [2.24, 2.45) is 0 Å². The standard InChI is InChI=1S/C17H17F3N2O3/c1-25-14-9-7-13(8-10-14)22-15(23)21-11-16(24,17(18,19)20)12-5-3-2-4-6-12/h2-10,24H,11H2,1H3,(H2,21,22,23). The Kier molecular flexibility index (Phi) is 5.53. The predicted octanol–water partition coefficient (Wildman–Crippen LogP) is 3.27. The number of ether oxygens (including phenoxy) is 1. The maximum absolute atomic E-state index is 13.3. The van der Waals surface area contributed by atoms with Crippen LogP contribution >= 0.6 is 0 Å². The van der Waals surface area contributed by atoms with E-state index in [9.17, 15) is 23.1 Å². The second-order valence-electron chi connectivity index (χ2n) is 5.26. The van der Waals surface area contributed by atoms with Crippen LogP contribution in [0.1, 0.15) is 5.56 Å². The Labute approximate surface area is 142 Å². The number of amides is 2. The number of carbonyl (C=O) groups is 1. The quantitative estimate of drug-likeness (QED) is 0.772. The summed E-state index contributed by atoms with van der Waals surface area (Å²) in [6.45, 7) is -1.03. The SMILES string of the molecule is COc1ccc(NC(=O)NCC(O)(c2ccccc2)C(F)(F)F)cc1. The second-order valence-corrected chi connectivity index (χ2v) is 5.26. The fourth-order valence-electron chi connectivity index (χ4n) is 2.14. The molecule has 0 aromatic heterocycles. The summed E-state index contributed by atoms with van der Waals surface area (Å²) in [6.07, 6.45) is -4.96. The van der Waals surface area contributed by atoms with Crippen LogP contribution in [-0.2, 0) is 5.60 Å². The van der Waals surface area contributed by atoms with E-state index in [4.69, 9.17) is 4.74 Å². The minimum Gasteiger partial charge on any atom is -0.497 e. The lowest BCUT2D eigenvalue weighted by atomic mass is 9.93. The fourth-order valence-corrected chi connectivity index (χ4v) is 2.14. The van der Waals surface area contributed by atoms with Crippen LogP contribution in [-0.4, -0.2) is 31.0 Å². The predicted molar refractivity (Wildman–Crippen MR) is 86.4 cm³/mol. The first kappa shape index (κ1) is 18.6. The molecular weight excluding hydrogens is 337 g/mol. The molecule has 0 aliphatic rings. The third kappa shape index (κ3) is 4.42. The first-order valence-electron chi connectivity index (χ1n) is 7.30. The van der Waals surface area contributed by atoms with Gasteiger partial charge in [0.15, 0.2) is 0 Å². The Balaban J connectivity index is 2.06. The molecule has 0 fully saturated rings. The van der Waals surface area contributed by atoms with E-state index in [-0.39, 0.29) is 5.56 Å². The van der Waals surface area contributed by atoms with Gasteiger partial charge in [-0.1, -0.05) is 30.3 Å². The molecule has 0 aliphatic heterocycles. The van der Waals surface area contributed by atoms with Gasteiger partial charge in [0.25, 0.3) is 0 Å². The topological polar surface area (TPSA) is 70.6 Å². The van der Waals surface area contributed by atoms with Crippen molar-refractivity contribution in [1.82, 2.24) is 5.32 Å². The molecule has 2 aromatic rings. The van der Waals surface area contributed by atoms with Gasteiger partial charge in [-0.05, 0) is 29.8 Å². The highest BCUT2D eigenvalue weighted by Crippen LogP contribution is 2.38. The lowest BCUT2D eigenvalue weighted by Gasteiger charge is -2.31. The molecule has 0 radical (unpaired) electrons. The van der Waals surface area contributed by atoms with Crippen LogP contribution in [0.4, 0.5) is 23.7 Å². The fraction of sp³-hybridized carbons (Fsp3) is 0.235. The Bertz CT molecular complexity index is 705. The van der Waals surface area contributed by atoms with E-state index in [1.165, 1.54) is 37.4 Å². The van der Waals surface area contributed by atoms with Crippen molar-refractivity contribution in [3.05, 3.63) is 60.2 Å². The number of methoxy groups -OCH3 is 1. The molecule has 2 amide bonds. The lowest BCUT2D eigenvalue weighted by Crippen LogP contribution is -2.51. The maximum Gasteiger partial charge on any atom is 0.423 e. The Morgan fingerprint density at radius 2 is 1.68 bits per heavy atom. The Hall–Kier alpha value is -2.74. The van der Waals surface area contributed by atoms with Crippen LogP contribution in [0.2, 0.25) is 0 Å². The number of hydrogen-bond acceptors (Lipinski definition) is 3. The van der Waals surface area contributed by atoms with E-state index in [0.29, 0.717) is 11.4 Å². The van der Waals surface area contributed by atoms with Crippen LogP contribution in [0.15, 0.2) is 54.6 Å². The maximum atomic E-state index is 13.3. The van der Waals surface area contributed by atoms with Gasteiger partial charge in [0.1, 0.15) is 5.75 Å². The van der Waals surface area contributed by atoms with Crippen LogP contribution in [0.3, 0.4) is 0 Å². The average molecular weight is 354 g/mol. The van der Waals surface area contributed by atoms with E-state index in [1.54, 1.807) is 12.1 Å². The number of aliphatic hydroxyl groups is 1. The summed E-state index contributed by atoms with van der Waals surface area (Å²) in [7, 11) is 1.48. The summed E-state index contributed by atoms with van der Waals surface area (Å²) in [5, 5.41) is 14.6. The molecule has 0 spiro atoms. The van der Waals surface area contributed by atoms with Gasteiger partial charge in [-0.2, -0.15) is 13.2 Å². The first-order valence-corrected chi connectivity index (χ1v) is 7.30. The molecule has 0 saturated carbocycles. The van der Waals surface area contributed by atoms with E-state index in [2.05, 4.69) is 10.6 Å². The number of nitrogens with one attached hydrogen (secondary N) is 2. The molecule has 0 bridgehead atoms. The van der Waals surface area contributed by atoms with Crippen molar-refractivity contribution >= 4 is 11.7 Å². The molecule has 2 aromatic carbocycles. The third-order valence-electron chi connectivity index (χ3n) is 3.57. The van der Waals surface area contributed by atoms with E-state index in [0.717, 1.165) is 12.1 Å². The van der Waals surface area contributed by atoms with Gasteiger partial charge in [-0.25, -0.2) is 4.79 Å². The summed E-state index contributed by atoms with van der Waals surface area (Å²) < 4.78 is 44.9. The van der Waals surface area contributed by atoms with Gasteiger partial charge in [-0.3, -0.25) is 0 Å². The first-order chi connectivity index (χ1) is 11.8. The zero-order valence-electron chi connectivity index (χ0n) is 13.3. The molecule has 0 aliphatic carbocycles. The highest BCUT2D eigenvalue weighted by atomic mass is 19.4. The van der Waals surface area contributed by atoms with Crippen molar-refractivity contribution in [3.63, 3.8) is 0 Å². The summed E-state index contributed by atoms with van der Waals surface area (Å²) in [5.74, 6) is 0.571. The summed E-state index contributed by atoms with van der Waals surface area (Å²) in [6, 6.07) is 12.0. The van der Waals surface area contributed by atoms with Crippen molar-refractivity contribution in [2.75, 3.05) is 19.0 Å². The Morgan fingerprint density at radius 3 is 2.20 bits per heavy atom. The number of urea groups is 1. The zero-order valence-corrected chi connectivity index (χ0v) is 13.3. The molecule has 25 heavy (non-hydrogen) atoms. The summed E-state index contributed by atoms with van der Waals surface area (Å²) in [4.78, 5) is 11.8. The van der Waals surface area contributed by atoms with Gasteiger partial charge >= 0.3 is 12.2 Å². The average Bonchev–Trinajstić information content (AvgIpc) is 2.60. The van der Waals surface area contributed by atoms with E-state index >= 15 is 0 Å². The third-order valence-corrected chi connectivity index (χ3v) is 3.57. The minimum absolute atomic E-state index is 0.354. The molecule has 0 saturated heterocycles. The monoisotopic (exact) mass is 354 g/mol. The van der Waals surface area contributed by atoms with Crippen molar-refractivity contribution in [3.8, 4) is 5.75 Å². The minimum atomic E-state index is -4.96. The summed E-state index contributed by atoms with van der Waals surface area (Å²) >= 11 is 0. The number of hydrogen-bond donors (Lipinski definition) is 3. The zero-order chi connectivity index (χ0) is 18.5. The van der Waals surface area contributed by atoms with Crippen LogP contribution < -0.4 is 15.4 Å². The van der Waals surface area contributed by atoms with Crippen LogP contribution in [0.5, 0.6) is 5.75 Å². The number of alkyl halides is 3. The van der Waals surface area contributed by atoms with Crippen molar-refractivity contribution in [1.29, 1.82) is 0 Å². The van der Waals surface area contributed by atoms with Crippen molar-refractivity contribution in [2.45, 2.75) is 11.8 Å². The van der Waals surface area contributed by atoms with Gasteiger partial charge in [0.2, 0.25) is 5.60 Å². The van der Waals surface area contributed by atoms with Gasteiger partial charge in [0, 0.05) is 5.69 Å².